The van der Waals surface area contributed by atoms with Crippen LogP contribution in [0.1, 0.15) is 25.8 Å². The van der Waals surface area contributed by atoms with Gasteiger partial charge in [-0.05, 0) is 0 Å². The number of aromatic nitrogens is 1. The van der Waals surface area contributed by atoms with Crippen molar-refractivity contribution in [2.24, 2.45) is 5.73 Å². The number of thiazole rings is 1. The van der Waals surface area contributed by atoms with Crippen LogP contribution in [0.15, 0.2) is 35.7 Å². The zero-order chi connectivity index (χ0) is 14.6. The van der Waals surface area contributed by atoms with Crippen LogP contribution < -0.4 is 5.73 Å². The molecular formula is C16H22N2S2. The van der Waals surface area contributed by atoms with Crippen LogP contribution in [-0.2, 0) is 6.42 Å². The van der Waals surface area contributed by atoms with E-state index in [-0.39, 0.29) is 10.8 Å². The van der Waals surface area contributed by atoms with Gasteiger partial charge in [0.15, 0.2) is 0 Å². The van der Waals surface area contributed by atoms with Crippen molar-refractivity contribution in [2.75, 3.05) is 5.75 Å². The van der Waals surface area contributed by atoms with Crippen LogP contribution >= 0.6 is 23.1 Å². The topological polar surface area (TPSA) is 38.9 Å². The molecule has 108 valence electrons. The fourth-order valence-electron chi connectivity index (χ4n) is 1.79. The second-order valence-corrected chi connectivity index (χ2v) is 8.67. The molecule has 0 bridgehead atoms. The smallest absolute Gasteiger partial charge is 0.0948 e. The lowest BCUT2D eigenvalue weighted by molar-refractivity contribution is 0.731. The van der Waals surface area contributed by atoms with Gasteiger partial charge in [0.1, 0.15) is 0 Å². The molecule has 2 N–H and O–H groups in total. The summed E-state index contributed by atoms with van der Waals surface area (Å²) in [6, 6.07) is 10.5. The number of hydrogen-bond acceptors (Lipinski definition) is 4. The average Bonchev–Trinajstić information content (AvgIpc) is 2.85. The molecule has 2 nitrogen and oxygen atoms in total. The lowest BCUT2D eigenvalue weighted by Crippen LogP contribution is -2.27. The summed E-state index contributed by atoms with van der Waals surface area (Å²) in [5, 5.41) is 3.25. The van der Waals surface area contributed by atoms with Crippen molar-refractivity contribution in [1.29, 1.82) is 0 Å². The lowest BCUT2D eigenvalue weighted by atomic mass is 10.2. The predicted molar refractivity (Wildman–Crippen MR) is 91.4 cm³/mol. The molecule has 0 aliphatic heterocycles. The lowest BCUT2D eigenvalue weighted by Gasteiger charge is -2.20. The van der Waals surface area contributed by atoms with Crippen molar-refractivity contribution in [1.82, 2.24) is 4.98 Å². The van der Waals surface area contributed by atoms with Crippen molar-refractivity contribution in [3.63, 3.8) is 0 Å². The summed E-state index contributed by atoms with van der Waals surface area (Å²) in [6.45, 7) is 6.67. The molecular weight excluding hydrogens is 284 g/mol. The molecule has 0 saturated heterocycles. The largest absolute Gasteiger partial charge is 0.327 e. The van der Waals surface area contributed by atoms with Crippen LogP contribution in [0.3, 0.4) is 0 Å². The van der Waals surface area contributed by atoms with Gasteiger partial charge in [-0.1, -0.05) is 51.1 Å². The third kappa shape index (κ3) is 4.93. The Morgan fingerprint density at radius 1 is 1.25 bits per heavy atom. The van der Waals surface area contributed by atoms with Crippen molar-refractivity contribution in [3.05, 3.63) is 40.7 Å². The molecule has 1 aromatic carbocycles. The number of rotatable bonds is 5. The monoisotopic (exact) mass is 306 g/mol. The van der Waals surface area contributed by atoms with Crippen molar-refractivity contribution in [2.45, 2.75) is 38.0 Å². The van der Waals surface area contributed by atoms with E-state index in [4.69, 9.17) is 10.7 Å². The highest BCUT2D eigenvalue weighted by Crippen LogP contribution is 2.25. The highest BCUT2D eigenvalue weighted by molar-refractivity contribution is 8.00. The van der Waals surface area contributed by atoms with E-state index in [1.807, 2.05) is 30.0 Å². The zero-order valence-electron chi connectivity index (χ0n) is 12.3. The Morgan fingerprint density at radius 2 is 1.95 bits per heavy atom. The Bertz CT molecular complexity index is 529. The van der Waals surface area contributed by atoms with Gasteiger partial charge in [-0.3, -0.25) is 0 Å². The first-order chi connectivity index (χ1) is 9.44. The van der Waals surface area contributed by atoms with E-state index in [1.165, 1.54) is 5.56 Å². The van der Waals surface area contributed by atoms with Crippen LogP contribution in [0.5, 0.6) is 0 Å². The maximum absolute atomic E-state index is 6.21. The SMILES string of the molecule is CC(C)(C)SCC(N)Cc1nc(-c2ccccc2)cs1. The molecule has 0 amide bonds. The Hall–Kier alpha value is -0.840. The van der Waals surface area contributed by atoms with E-state index in [9.17, 15) is 0 Å². The number of hydrogen-bond donors (Lipinski definition) is 1. The van der Waals surface area contributed by atoms with Crippen LogP contribution in [0.25, 0.3) is 11.3 Å². The molecule has 0 fully saturated rings. The summed E-state index contributed by atoms with van der Waals surface area (Å²) in [5.74, 6) is 0.976. The van der Waals surface area contributed by atoms with E-state index in [0.717, 1.165) is 22.9 Å². The fourth-order valence-corrected chi connectivity index (χ4v) is 3.52. The summed E-state index contributed by atoms with van der Waals surface area (Å²) < 4.78 is 0.274. The highest BCUT2D eigenvalue weighted by Gasteiger charge is 2.15. The molecule has 2 aromatic rings. The maximum atomic E-state index is 6.21. The zero-order valence-corrected chi connectivity index (χ0v) is 13.9. The molecule has 0 saturated carbocycles. The van der Waals surface area contributed by atoms with Gasteiger partial charge in [-0.25, -0.2) is 4.98 Å². The van der Waals surface area contributed by atoms with Gasteiger partial charge in [-0.15, -0.1) is 11.3 Å². The molecule has 0 aliphatic rings. The van der Waals surface area contributed by atoms with Crippen LogP contribution in [-0.4, -0.2) is 21.5 Å². The summed E-state index contributed by atoms with van der Waals surface area (Å²) >= 11 is 3.62. The minimum absolute atomic E-state index is 0.175. The molecule has 1 unspecified atom stereocenters. The average molecular weight is 306 g/mol. The van der Waals surface area contributed by atoms with Crippen LogP contribution in [0, 0.1) is 0 Å². The molecule has 2 rings (SSSR count). The highest BCUT2D eigenvalue weighted by atomic mass is 32.2. The first-order valence-electron chi connectivity index (χ1n) is 6.83. The third-order valence-electron chi connectivity index (χ3n) is 2.79. The Balaban J connectivity index is 1.93. The first kappa shape index (κ1) is 15.5. The number of nitrogens with zero attached hydrogens (tertiary/aromatic N) is 1. The van der Waals surface area contributed by atoms with Gasteiger partial charge < -0.3 is 5.73 Å². The standard InChI is InChI=1S/C16H22N2S2/c1-16(2,3)20-10-13(17)9-15-18-14(11-19-15)12-7-5-4-6-8-12/h4-8,11,13H,9-10,17H2,1-3H3. The second-order valence-electron chi connectivity index (χ2n) is 5.88. The molecule has 1 atom stereocenters. The number of thioether (sulfide) groups is 1. The predicted octanol–water partition coefficient (Wildman–Crippen LogP) is 4.21. The fraction of sp³-hybridized carbons (Fsp3) is 0.438. The maximum Gasteiger partial charge on any atom is 0.0948 e. The molecule has 0 spiro atoms. The summed E-state index contributed by atoms with van der Waals surface area (Å²) in [6.07, 6.45) is 0.862. The van der Waals surface area contributed by atoms with E-state index in [0.29, 0.717) is 0 Å². The molecule has 0 aliphatic carbocycles. The first-order valence-corrected chi connectivity index (χ1v) is 8.70. The van der Waals surface area contributed by atoms with Gasteiger partial charge in [0.25, 0.3) is 0 Å². The number of benzene rings is 1. The molecule has 1 heterocycles. The minimum Gasteiger partial charge on any atom is -0.327 e. The summed E-state index contributed by atoms with van der Waals surface area (Å²) in [7, 11) is 0. The molecule has 20 heavy (non-hydrogen) atoms. The second kappa shape index (κ2) is 6.74. The minimum atomic E-state index is 0.175. The van der Waals surface area contributed by atoms with Gasteiger partial charge in [0.05, 0.1) is 10.7 Å². The van der Waals surface area contributed by atoms with E-state index < -0.39 is 0 Å². The quantitative estimate of drug-likeness (QED) is 0.899. The van der Waals surface area contributed by atoms with E-state index in [1.54, 1.807) is 11.3 Å². The molecule has 4 heteroatoms. The Labute approximate surface area is 129 Å². The van der Waals surface area contributed by atoms with Gasteiger partial charge in [0.2, 0.25) is 0 Å². The summed E-state index contributed by atoms with van der Waals surface area (Å²) in [5.41, 5.74) is 8.44. The van der Waals surface area contributed by atoms with Crippen LogP contribution in [0.2, 0.25) is 0 Å². The number of nitrogens with two attached hydrogens (primary N) is 1. The van der Waals surface area contributed by atoms with E-state index in [2.05, 4.69) is 38.3 Å². The Kier molecular flexibility index (Phi) is 5.24. The Morgan fingerprint density at radius 3 is 2.60 bits per heavy atom. The molecule has 1 aromatic heterocycles. The summed E-state index contributed by atoms with van der Waals surface area (Å²) in [4.78, 5) is 4.69. The molecule has 0 radical (unpaired) electrons. The van der Waals surface area contributed by atoms with Gasteiger partial charge >= 0.3 is 0 Å². The van der Waals surface area contributed by atoms with Crippen molar-refractivity contribution >= 4 is 23.1 Å². The van der Waals surface area contributed by atoms with Crippen molar-refractivity contribution < 1.29 is 0 Å². The normalized spacial score (nSPS) is 13.4. The van der Waals surface area contributed by atoms with Gasteiger partial charge in [0, 0.05) is 33.9 Å². The third-order valence-corrected chi connectivity index (χ3v) is 5.12. The van der Waals surface area contributed by atoms with Gasteiger partial charge in [-0.2, -0.15) is 11.8 Å². The van der Waals surface area contributed by atoms with E-state index >= 15 is 0 Å². The van der Waals surface area contributed by atoms with Crippen molar-refractivity contribution in [3.8, 4) is 11.3 Å². The van der Waals surface area contributed by atoms with Crippen LogP contribution in [0.4, 0.5) is 0 Å².